The summed E-state index contributed by atoms with van der Waals surface area (Å²) >= 11 is 11.6. The molecule has 0 radical (unpaired) electrons. The molecule has 0 spiro atoms. The number of halogens is 2. The van der Waals surface area contributed by atoms with Gasteiger partial charge in [-0.25, -0.2) is 0 Å². The molecule has 2 aliphatic carbocycles. The normalized spacial score (nSPS) is 41.2. The van der Waals surface area contributed by atoms with E-state index in [0.29, 0.717) is 17.4 Å². The Morgan fingerprint density at radius 1 is 1.14 bits per heavy atom. The summed E-state index contributed by atoms with van der Waals surface area (Å²) in [7, 11) is 0. The van der Waals surface area contributed by atoms with Gasteiger partial charge in [0.15, 0.2) is 0 Å². The minimum absolute atomic E-state index is 0.0285. The standard InChI is InChI=1S/C18H27Cl2NO/c1-16(2)7-11-8-18(5,9-16)10-21(11)15(22)14-12(6-13(19)20)17(14,3)4/h6,11-12,14H,7-10H2,1-5H3/t11-,12-,14+,18-/m1/s1. The van der Waals surface area contributed by atoms with E-state index >= 15 is 0 Å². The van der Waals surface area contributed by atoms with Crippen LogP contribution in [0.25, 0.3) is 0 Å². The Bertz CT molecular complexity index is 535. The third kappa shape index (κ3) is 2.71. The molecule has 3 rings (SSSR count). The molecule has 3 aliphatic rings. The van der Waals surface area contributed by atoms with Gasteiger partial charge < -0.3 is 4.90 Å². The Morgan fingerprint density at radius 3 is 2.36 bits per heavy atom. The van der Waals surface area contributed by atoms with Crippen LogP contribution < -0.4 is 0 Å². The Kier molecular flexibility index (Phi) is 3.70. The average molecular weight is 344 g/mol. The molecule has 1 heterocycles. The van der Waals surface area contributed by atoms with E-state index < -0.39 is 0 Å². The van der Waals surface area contributed by atoms with Crippen molar-refractivity contribution in [3.63, 3.8) is 0 Å². The van der Waals surface area contributed by atoms with Crippen LogP contribution in [0.15, 0.2) is 10.6 Å². The molecule has 3 fully saturated rings. The lowest BCUT2D eigenvalue weighted by Crippen LogP contribution is -2.39. The molecule has 1 amide bonds. The largest absolute Gasteiger partial charge is 0.339 e. The molecule has 0 aromatic carbocycles. The number of carbonyl (C=O) groups is 1. The number of allylic oxidation sites excluding steroid dienone is 1. The zero-order valence-corrected chi connectivity index (χ0v) is 15.8. The molecule has 0 aromatic rings. The number of fused-ring (bicyclic) bond motifs is 2. The number of hydrogen-bond donors (Lipinski definition) is 0. The molecule has 0 aromatic heterocycles. The van der Waals surface area contributed by atoms with Gasteiger partial charge in [0.25, 0.3) is 0 Å². The number of hydrogen-bond acceptors (Lipinski definition) is 1. The predicted molar refractivity (Wildman–Crippen MR) is 91.8 cm³/mol. The SMILES string of the molecule is CC1(C)C[C@@H]2C[C@@](C)(CN2C(=O)[C@@H]2[C@@H](C=C(Cl)Cl)C2(C)C)C1. The number of amides is 1. The Labute approximate surface area is 144 Å². The van der Waals surface area contributed by atoms with E-state index in [1.165, 1.54) is 6.42 Å². The van der Waals surface area contributed by atoms with Crippen molar-refractivity contribution in [3.05, 3.63) is 10.6 Å². The van der Waals surface area contributed by atoms with Gasteiger partial charge in [-0.3, -0.25) is 4.79 Å². The lowest BCUT2D eigenvalue weighted by molar-refractivity contribution is -0.134. The molecular weight excluding hydrogens is 317 g/mol. The Hall–Kier alpha value is -0.210. The predicted octanol–water partition coefficient (Wildman–Crippen LogP) is 5.00. The van der Waals surface area contributed by atoms with Crippen LogP contribution in [0.4, 0.5) is 0 Å². The van der Waals surface area contributed by atoms with E-state index in [2.05, 4.69) is 39.5 Å². The van der Waals surface area contributed by atoms with Gasteiger partial charge in [0.1, 0.15) is 4.49 Å². The van der Waals surface area contributed by atoms with Crippen LogP contribution in [0.1, 0.15) is 53.9 Å². The fraction of sp³-hybridized carbons (Fsp3) is 0.833. The summed E-state index contributed by atoms with van der Waals surface area (Å²) in [5.74, 6) is 0.518. The fourth-order valence-corrected chi connectivity index (χ4v) is 5.76. The third-order valence-corrected chi connectivity index (χ3v) is 6.43. The van der Waals surface area contributed by atoms with Crippen LogP contribution in [0.2, 0.25) is 0 Å². The molecule has 22 heavy (non-hydrogen) atoms. The average Bonchev–Trinajstić information content (AvgIpc) is 2.70. The molecule has 124 valence electrons. The molecule has 2 nitrogen and oxygen atoms in total. The highest BCUT2D eigenvalue weighted by atomic mass is 35.5. The summed E-state index contributed by atoms with van der Waals surface area (Å²) in [6, 6.07) is 0.411. The number of likely N-dealkylation sites (tertiary alicyclic amines) is 1. The van der Waals surface area contributed by atoms with Crippen LogP contribution in [0, 0.1) is 28.1 Å². The van der Waals surface area contributed by atoms with Gasteiger partial charge in [0.2, 0.25) is 5.91 Å². The van der Waals surface area contributed by atoms with Crippen LogP contribution in [-0.2, 0) is 4.79 Å². The highest BCUT2D eigenvalue weighted by Gasteiger charge is 2.63. The monoisotopic (exact) mass is 343 g/mol. The number of nitrogens with zero attached hydrogens (tertiary/aromatic N) is 1. The first-order chi connectivity index (χ1) is 9.95. The highest BCUT2D eigenvalue weighted by molar-refractivity contribution is 6.55. The second-order valence-electron chi connectivity index (χ2n) is 9.46. The van der Waals surface area contributed by atoms with Gasteiger partial charge in [-0.05, 0) is 47.5 Å². The quantitative estimate of drug-likeness (QED) is 0.690. The maximum Gasteiger partial charge on any atom is 0.227 e. The second-order valence-corrected chi connectivity index (χ2v) is 10.5. The van der Waals surface area contributed by atoms with Crippen LogP contribution in [-0.4, -0.2) is 23.4 Å². The van der Waals surface area contributed by atoms with Gasteiger partial charge in [0, 0.05) is 12.6 Å². The van der Waals surface area contributed by atoms with Crippen molar-refractivity contribution in [2.24, 2.45) is 28.1 Å². The molecule has 1 aliphatic heterocycles. The van der Waals surface area contributed by atoms with Crippen LogP contribution in [0.3, 0.4) is 0 Å². The molecule has 4 heteroatoms. The summed E-state index contributed by atoms with van der Waals surface area (Å²) in [6.07, 6.45) is 5.34. The summed E-state index contributed by atoms with van der Waals surface area (Å²) in [5, 5.41) is 0. The summed E-state index contributed by atoms with van der Waals surface area (Å²) in [5.41, 5.74) is 0.598. The van der Waals surface area contributed by atoms with E-state index in [1.54, 1.807) is 0 Å². The molecule has 4 atom stereocenters. The summed E-state index contributed by atoms with van der Waals surface area (Å²) in [4.78, 5) is 15.3. The van der Waals surface area contributed by atoms with E-state index in [-0.39, 0.29) is 27.2 Å². The summed E-state index contributed by atoms with van der Waals surface area (Å²) in [6.45, 7) is 12.2. The molecule has 2 saturated carbocycles. The van der Waals surface area contributed by atoms with Crippen molar-refractivity contribution in [3.8, 4) is 0 Å². The smallest absolute Gasteiger partial charge is 0.227 e. The van der Waals surface area contributed by atoms with E-state index in [9.17, 15) is 4.79 Å². The maximum absolute atomic E-state index is 13.1. The van der Waals surface area contributed by atoms with Crippen molar-refractivity contribution in [2.45, 2.75) is 59.9 Å². The minimum atomic E-state index is -0.0285. The van der Waals surface area contributed by atoms with Gasteiger partial charge in [-0.15, -0.1) is 0 Å². The van der Waals surface area contributed by atoms with Gasteiger partial charge in [-0.2, -0.15) is 0 Å². The molecule has 1 saturated heterocycles. The fourth-order valence-electron chi connectivity index (χ4n) is 5.49. The van der Waals surface area contributed by atoms with E-state index in [4.69, 9.17) is 23.2 Å². The zero-order valence-electron chi connectivity index (χ0n) is 14.2. The van der Waals surface area contributed by atoms with E-state index in [1.807, 2.05) is 6.08 Å². The van der Waals surface area contributed by atoms with Crippen LogP contribution >= 0.6 is 23.2 Å². The van der Waals surface area contributed by atoms with Crippen molar-refractivity contribution < 1.29 is 4.79 Å². The van der Waals surface area contributed by atoms with Gasteiger partial charge >= 0.3 is 0 Å². The van der Waals surface area contributed by atoms with Crippen molar-refractivity contribution in [1.82, 2.24) is 4.90 Å². The minimum Gasteiger partial charge on any atom is -0.339 e. The first-order valence-electron chi connectivity index (χ1n) is 8.29. The van der Waals surface area contributed by atoms with Crippen molar-refractivity contribution in [2.75, 3.05) is 6.54 Å². The first kappa shape index (κ1) is 16.6. The highest BCUT2D eigenvalue weighted by Crippen LogP contribution is 2.62. The summed E-state index contributed by atoms with van der Waals surface area (Å²) < 4.78 is 0.279. The molecule has 2 bridgehead atoms. The first-order valence-corrected chi connectivity index (χ1v) is 9.04. The van der Waals surface area contributed by atoms with Crippen molar-refractivity contribution >= 4 is 29.1 Å². The Morgan fingerprint density at radius 2 is 1.77 bits per heavy atom. The molecule has 0 unspecified atom stereocenters. The number of carbonyl (C=O) groups excluding carboxylic acids is 1. The molecule has 0 N–H and O–H groups in total. The van der Waals surface area contributed by atoms with Gasteiger partial charge in [0.05, 0.1) is 5.92 Å². The van der Waals surface area contributed by atoms with Crippen LogP contribution in [0.5, 0.6) is 0 Å². The number of rotatable bonds is 2. The van der Waals surface area contributed by atoms with E-state index in [0.717, 1.165) is 19.4 Å². The topological polar surface area (TPSA) is 20.3 Å². The second kappa shape index (κ2) is 4.89. The third-order valence-electron chi connectivity index (χ3n) is 6.18. The Balaban J connectivity index is 1.79. The van der Waals surface area contributed by atoms with Gasteiger partial charge in [-0.1, -0.05) is 57.8 Å². The lowest BCUT2D eigenvalue weighted by Gasteiger charge is -2.39. The maximum atomic E-state index is 13.1. The van der Waals surface area contributed by atoms with Crippen molar-refractivity contribution in [1.29, 1.82) is 0 Å². The lowest BCUT2D eigenvalue weighted by atomic mass is 9.65. The molecular formula is C18H27Cl2NO. The zero-order chi connectivity index (χ0) is 16.5.